The lowest BCUT2D eigenvalue weighted by Crippen LogP contribution is -2.05. The van der Waals surface area contributed by atoms with Gasteiger partial charge in [-0.05, 0) is 25.0 Å². The third-order valence-corrected chi connectivity index (χ3v) is 2.84. The molecular weight excluding hydrogens is 226 g/mol. The van der Waals surface area contributed by atoms with Gasteiger partial charge < -0.3 is 5.32 Å². The molecule has 2 heterocycles. The molecule has 6 heteroatoms. The lowest BCUT2D eigenvalue weighted by atomic mass is 10.2. The van der Waals surface area contributed by atoms with E-state index >= 15 is 0 Å². The van der Waals surface area contributed by atoms with Crippen LogP contribution in [0.3, 0.4) is 0 Å². The summed E-state index contributed by atoms with van der Waals surface area (Å²) in [6, 6.07) is 0. The Bertz CT molecular complexity index is 480. The molecule has 0 aromatic carbocycles. The van der Waals surface area contributed by atoms with Crippen molar-refractivity contribution < 1.29 is 0 Å². The van der Waals surface area contributed by atoms with Crippen molar-refractivity contribution in [3.8, 4) is 0 Å². The normalized spacial score (nSPS) is 10.4. The van der Waals surface area contributed by atoms with Gasteiger partial charge in [-0.15, -0.1) is 10.2 Å². The van der Waals surface area contributed by atoms with Gasteiger partial charge in [-0.2, -0.15) is 5.10 Å². The van der Waals surface area contributed by atoms with E-state index < -0.39 is 0 Å². The monoisotopic (exact) mass is 237 g/mol. The Balaban J connectivity index is 2.13. The van der Waals surface area contributed by atoms with Crippen LogP contribution in [0.1, 0.15) is 16.7 Å². The molecule has 0 saturated carbocycles. The van der Waals surface area contributed by atoms with E-state index in [1.54, 1.807) is 6.20 Å². The van der Waals surface area contributed by atoms with Crippen molar-refractivity contribution in [1.82, 2.24) is 20.4 Å². The summed E-state index contributed by atoms with van der Waals surface area (Å²) >= 11 is 5.87. The van der Waals surface area contributed by atoms with Gasteiger partial charge in [0.2, 0.25) is 0 Å². The lowest BCUT2D eigenvalue weighted by Gasteiger charge is -2.09. The van der Waals surface area contributed by atoms with E-state index in [-0.39, 0.29) is 0 Å². The Hall–Kier alpha value is -1.62. The highest BCUT2D eigenvalue weighted by atomic mass is 35.5. The predicted molar refractivity (Wildman–Crippen MR) is 62.4 cm³/mol. The number of halogens is 1. The third kappa shape index (κ3) is 2.14. The molecule has 0 fully saturated rings. The van der Waals surface area contributed by atoms with Crippen molar-refractivity contribution in [3.05, 3.63) is 34.2 Å². The van der Waals surface area contributed by atoms with E-state index in [4.69, 9.17) is 11.6 Å². The Morgan fingerprint density at radius 3 is 2.81 bits per heavy atom. The van der Waals surface area contributed by atoms with E-state index in [2.05, 4.69) is 25.7 Å². The SMILES string of the molecule is Cc1c(Cl)nnc(NCc2cn[nH]c2)c1C. The van der Waals surface area contributed by atoms with Crippen LogP contribution in [-0.4, -0.2) is 20.4 Å². The molecule has 0 unspecified atom stereocenters. The number of rotatable bonds is 3. The maximum atomic E-state index is 5.87. The molecule has 2 aromatic rings. The zero-order valence-corrected chi connectivity index (χ0v) is 9.84. The summed E-state index contributed by atoms with van der Waals surface area (Å²) in [4.78, 5) is 0. The second-order valence-electron chi connectivity index (χ2n) is 3.55. The minimum Gasteiger partial charge on any atom is -0.364 e. The van der Waals surface area contributed by atoms with Crippen LogP contribution >= 0.6 is 11.6 Å². The largest absolute Gasteiger partial charge is 0.364 e. The van der Waals surface area contributed by atoms with Gasteiger partial charge in [-0.25, -0.2) is 0 Å². The fourth-order valence-electron chi connectivity index (χ4n) is 1.30. The van der Waals surface area contributed by atoms with E-state index in [1.807, 2.05) is 20.0 Å². The van der Waals surface area contributed by atoms with Gasteiger partial charge in [0, 0.05) is 18.3 Å². The van der Waals surface area contributed by atoms with Crippen LogP contribution < -0.4 is 5.32 Å². The van der Waals surface area contributed by atoms with E-state index in [1.165, 1.54) is 0 Å². The van der Waals surface area contributed by atoms with Crippen molar-refractivity contribution in [2.75, 3.05) is 5.32 Å². The van der Waals surface area contributed by atoms with Crippen molar-refractivity contribution in [1.29, 1.82) is 0 Å². The van der Waals surface area contributed by atoms with Gasteiger partial charge >= 0.3 is 0 Å². The van der Waals surface area contributed by atoms with Crippen LogP contribution in [0.15, 0.2) is 12.4 Å². The number of aromatic amines is 1. The number of nitrogens with one attached hydrogen (secondary N) is 2. The summed E-state index contributed by atoms with van der Waals surface area (Å²) in [7, 11) is 0. The van der Waals surface area contributed by atoms with Gasteiger partial charge in [-0.3, -0.25) is 5.10 Å². The summed E-state index contributed by atoms with van der Waals surface area (Å²) in [5, 5.41) is 18.1. The van der Waals surface area contributed by atoms with Gasteiger partial charge in [0.05, 0.1) is 6.20 Å². The molecule has 5 nitrogen and oxygen atoms in total. The Morgan fingerprint density at radius 1 is 1.31 bits per heavy atom. The Morgan fingerprint density at radius 2 is 2.12 bits per heavy atom. The highest BCUT2D eigenvalue weighted by Crippen LogP contribution is 2.20. The first-order chi connectivity index (χ1) is 7.68. The molecule has 0 aliphatic rings. The molecule has 0 atom stereocenters. The van der Waals surface area contributed by atoms with Gasteiger partial charge in [0.1, 0.15) is 0 Å². The highest BCUT2D eigenvalue weighted by molar-refractivity contribution is 6.30. The van der Waals surface area contributed by atoms with Gasteiger partial charge in [-0.1, -0.05) is 11.6 Å². The van der Waals surface area contributed by atoms with Crippen molar-refractivity contribution >= 4 is 17.4 Å². The van der Waals surface area contributed by atoms with E-state index in [0.717, 1.165) is 22.5 Å². The molecule has 0 radical (unpaired) electrons. The molecule has 0 aliphatic heterocycles. The fraction of sp³-hybridized carbons (Fsp3) is 0.300. The molecule has 16 heavy (non-hydrogen) atoms. The third-order valence-electron chi connectivity index (χ3n) is 2.48. The highest BCUT2D eigenvalue weighted by Gasteiger charge is 2.07. The molecule has 0 amide bonds. The molecule has 0 aliphatic carbocycles. The summed E-state index contributed by atoms with van der Waals surface area (Å²) in [6.07, 6.45) is 3.59. The molecule has 0 spiro atoms. The zero-order valence-electron chi connectivity index (χ0n) is 9.08. The Kier molecular flexibility index (Phi) is 3.05. The average molecular weight is 238 g/mol. The molecule has 2 rings (SSSR count). The standard InChI is InChI=1S/C10H12ClN5/c1-6-7(2)10(16-15-9(6)11)12-3-8-4-13-14-5-8/h4-5H,3H2,1-2H3,(H,12,16)(H,13,14). The predicted octanol–water partition coefficient (Wildman–Crippen LogP) is 2.08. The average Bonchev–Trinajstić information content (AvgIpc) is 2.78. The molecule has 2 N–H and O–H groups in total. The molecular formula is C10H12ClN5. The number of hydrogen-bond acceptors (Lipinski definition) is 4. The maximum Gasteiger partial charge on any atom is 0.155 e. The number of H-pyrrole nitrogens is 1. The lowest BCUT2D eigenvalue weighted by molar-refractivity contribution is 0.971. The minimum absolute atomic E-state index is 0.450. The van der Waals surface area contributed by atoms with Crippen LogP contribution in [-0.2, 0) is 6.54 Å². The second kappa shape index (κ2) is 4.49. The topological polar surface area (TPSA) is 66.5 Å². The van der Waals surface area contributed by atoms with E-state index in [0.29, 0.717) is 11.7 Å². The minimum atomic E-state index is 0.450. The Labute approximate surface area is 98.2 Å². The van der Waals surface area contributed by atoms with Crippen LogP contribution in [0.2, 0.25) is 5.15 Å². The van der Waals surface area contributed by atoms with Crippen LogP contribution in [0, 0.1) is 13.8 Å². The summed E-state index contributed by atoms with van der Waals surface area (Å²) < 4.78 is 0. The van der Waals surface area contributed by atoms with Crippen molar-refractivity contribution in [2.24, 2.45) is 0 Å². The van der Waals surface area contributed by atoms with Crippen LogP contribution in [0.5, 0.6) is 0 Å². The molecule has 0 bridgehead atoms. The number of hydrogen-bond donors (Lipinski definition) is 2. The number of nitrogens with zero attached hydrogens (tertiary/aromatic N) is 3. The maximum absolute atomic E-state index is 5.87. The number of aromatic nitrogens is 4. The molecule has 2 aromatic heterocycles. The zero-order chi connectivity index (χ0) is 11.5. The first kappa shape index (κ1) is 10.9. The van der Waals surface area contributed by atoms with Crippen LogP contribution in [0.4, 0.5) is 5.82 Å². The van der Waals surface area contributed by atoms with Crippen molar-refractivity contribution in [3.63, 3.8) is 0 Å². The second-order valence-corrected chi connectivity index (χ2v) is 3.91. The van der Waals surface area contributed by atoms with Crippen molar-refractivity contribution in [2.45, 2.75) is 20.4 Å². The quantitative estimate of drug-likeness (QED) is 0.858. The molecule has 84 valence electrons. The van der Waals surface area contributed by atoms with E-state index in [9.17, 15) is 0 Å². The first-order valence-electron chi connectivity index (χ1n) is 4.89. The van der Waals surface area contributed by atoms with Gasteiger partial charge in [0.15, 0.2) is 11.0 Å². The smallest absolute Gasteiger partial charge is 0.155 e. The van der Waals surface area contributed by atoms with Crippen LogP contribution in [0.25, 0.3) is 0 Å². The fourth-order valence-corrected chi connectivity index (χ4v) is 1.48. The molecule has 0 saturated heterocycles. The summed E-state index contributed by atoms with van der Waals surface area (Å²) in [6.45, 7) is 4.55. The number of anilines is 1. The first-order valence-corrected chi connectivity index (χ1v) is 5.27. The summed E-state index contributed by atoms with van der Waals surface area (Å²) in [5.74, 6) is 0.753. The summed E-state index contributed by atoms with van der Waals surface area (Å²) in [5.41, 5.74) is 3.03. The van der Waals surface area contributed by atoms with Gasteiger partial charge in [0.25, 0.3) is 0 Å².